The van der Waals surface area contributed by atoms with Gasteiger partial charge in [0.05, 0.1) is 18.2 Å². The molecule has 0 aliphatic rings. The molecule has 0 bridgehead atoms. The van der Waals surface area contributed by atoms with Crippen LogP contribution in [0.4, 0.5) is 13.2 Å². The Labute approximate surface area is 147 Å². The highest BCUT2D eigenvalue weighted by Crippen LogP contribution is 2.31. The van der Waals surface area contributed by atoms with Crippen molar-refractivity contribution >= 4 is 11.9 Å². The predicted molar refractivity (Wildman–Crippen MR) is 87.0 cm³/mol. The SMILES string of the molecule is COc1ccccc1C[C@H](NC(=O)c1ccccc1C(F)(F)F)C(=O)O. The number of hydrogen-bond acceptors (Lipinski definition) is 3. The van der Waals surface area contributed by atoms with Gasteiger partial charge in [0, 0.05) is 6.42 Å². The van der Waals surface area contributed by atoms with Crippen LogP contribution >= 0.6 is 0 Å². The molecule has 0 aliphatic heterocycles. The van der Waals surface area contributed by atoms with E-state index in [2.05, 4.69) is 5.32 Å². The smallest absolute Gasteiger partial charge is 0.417 e. The fourth-order valence-corrected chi connectivity index (χ4v) is 2.46. The molecule has 2 N–H and O–H groups in total. The molecular formula is C18H16F3NO4. The molecule has 26 heavy (non-hydrogen) atoms. The first-order valence-electron chi connectivity index (χ1n) is 7.56. The van der Waals surface area contributed by atoms with Crippen LogP contribution < -0.4 is 10.1 Å². The van der Waals surface area contributed by atoms with Crippen LogP contribution in [0.1, 0.15) is 21.5 Å². The lowest BCUT2D eigenvalue weighted by atomic mass is 10.0. The van der Waals surface area contributed by atoms with Crippen molar-refractivity contribution in [3.05, 3.63) is 65.2 Å². The van der Waals surface area contributed by atoms with E-state index < -0.39 is 35.2 Å². The van der Waals surface area contributed by atoms with Crippen molar-refractivity contribution in [2.45, 2.75) is 18.6 Å². The molecule has 2 rings (SSSR count). The monoisotopic (exact) mass is 367 g/mol. The summed E-state index contributed by atoms with van der Waals surface area (Å²) in [6, 6.07) is 9.38. The molecule has 0 saturated heterocycles. The number of rotatable bonds is 6. The normalized spacial score (nSPS) is 12.3. The number of ether oxygens (including phenoxy) is 1. The molecule has 1 amide bonds. The number of hydrogen-bond donors (Lipinski definition) is 2. The second-order valence-electron chi connectivity index (χ2n) is 5.42. The summed E-state index contributed by atoms with van der Waals surface area (Å²) in [5, 5.41) is 11.5. The van der Waals surface area contributed by atoms with Gasteiger partial charge in [-0.2, -0.15) is 13.2 Å². The van der Waals surface area contributed by atoms with Gasteiger partial charge in [-0.25, -0.2) is 4.79 Å². The van der Waals surface area contributed by atoms with E-state index in [1.54, 1.807) is 24.3 Å². The summed E-state index contributed by atoms with van der Waals surface area (Å²) in [4.78, 5) is 23.7. The number of alkyl halides is 3. The summed E-state index contributed by atoms with van der Waals surface area (Å²) in [5.41, 5.74) is -1.25. The fourth-order valence-electron chi connectivity index (χ4n) is 2.46. The molecule has 0 radical (unpaired) electrons. The van der Waals surface area contributed by atoms with E-state index in [0.29, 0.717) is 11.3 Å². The number of carbonyl (C=O) groups is 2. The maximum atomic E-state index is 13.0. The van der Waals surface area contributed by atoms with E-state index in [-0.39, 0.29) is 6.42 Å². The Morgan fingerprint density at radius 1 is 1.12 bits per heavy atom. The first-order valence-corrected chi connectivity index (χ1v) is 7.56. The van der Waals surface area contributed by atoms with Gasteiger partial charge in [-0.3, -0.25) is 4.79 Å². The summed E-state index contributed by atoms with van der Waals surface area (Å²) in [6.07, 6.45) is -4.87. The number of aliphatic carboxylic acids is 1. The third-order valence-corrected chi connectivity index (χ3v) is 3.70. The van der Waals surface area contributed by atoms with Gasteiger partial charge in [0.15, 0.2) is 0 Å². The van der Waals surface area contributed by atoms with Crippen LogP contribution in [0, 0.1) is 0 Å². The van der Waals surface area contributed by atoms with Gasteiger partial charge in [0.2, 0.25) is 0 Å². The molecule has 0 spiro atoms. The Hall–Kier alpha value is -3.03. The molecule has 1 atom stereocenters. The van der Waals surface area contributed by atoms with Crippen molar-refractivity contribution in [3.8, 4) is 5.75 Å². The number of amides is 1. The molecule has 138 valence electrons. The molecule has 0 fully saturated rings. The highest BCUT2D eigenvalue weighted by Gasteiger charge is 2.35. The lowest BCUT2D eigenvalue weighted by molar-refractivity contribution is -0.139. The number of carbonyl (C=O) groups excluding carboxylic acids is 1. The van der Waals surface area contributed by atoms with Crippen LogP contribution in [0.25, 0.3) is 0 Å². The molecule has 0 heterocycles. The summed E-state index contributed by atoms with van der Waals surface area (Å²) < 4.78 is 44.2. The summed E-state index contributed by atoms with van der Waals surface area (Å²) in [6.45, 7) is 0. The van der Waals surface area contributed by atoms with Gasteiger partial charge in [0.1, 0.15) is 11.8 Å². The van der Waals surface area contributed by atoms with Crippen LogP contribution in [0.15, 0.2) is 48.5 Å². The Morgan fingerprint density at radius 3 is 2.35 bits per heavy atom. The lowest BCUT2D eigenvalue weighted by Gasteiger charge is -2.18. The zero-order chi connectivity index (χ0) is 19.3. The van der Waals surface area contributed by atoms with Crippen LogP contribution in [0.3, 0.4) is 0 Å². The average molecular weight is 367 g/mol. The van der Waals surface area contributed by atoms with Gasteiger partial charge >= 0.3 is 12.1 Å². The maximum Gasteiger partial charge on any atom is 0.417 e. The quantitative estimate of drug-likeness (QED) is 0.823. The van der Waals surface area contributed by atoms with E-state index in [9.17, 15) is 27.9 Å². The minimum absolute atomic E-state index is 0.140. The molecule has 0 saturated carbocycles. The maximum absolute atomic E-state index is 13.0. The Kier molecular flexibility index (Phi) is 5.86. The Balaban J connectivity index is 2.26. The van der Waals surface area contributed by atoms with E-state index in [4.69, 9.17) is 4.74 Å². The predicted octanol–water partition coefficient (Wildman–Crippen LogP) is 3.14. The van der Waals surface area contributed by atoms with Gasteiger partial charge in [-0.1, -0.05) is 30.3 Å². The number of benzene rings is 2. The number of nitrogens with one attached hydrogen (secondary N) is 1. The highest BCUT2D eigenvalue weighted by molar-refractivity contribution is 5.98. The molecule has 0 unspecified atom stereocenters. The van der Waals surface area contributed by atoms with Gasteiger partial charge < -0.3 is 15.2 Å². The topological polar surface area (TPSA) is 75.6 Å². The van der Waals surface area contributed by atoms with E-state index in [1.807, 2.05) is 0 Å². The molecule has 8 heteroatoms. The number of carboxylic acids is 1. The largest absolute Gasteiger partial charge is 0.496 e. The van der Waals surface area contributed by atoms with E-state index >= 15 is 0 Å². The van der Waals surface area contributed by atoms with Crippen molar-refractivity contribution in [1.82, 2.24) is 5.32 Å². The van der Waals surface area contributed by atoms with Gasteiger partial charge in [0.25, 0.3) is 5.91 Å². The zero-order valence-electron chi connectivity index (χ0n) is 13.7. The number of para-hydroxylation sites is 1. The standard InChI is InChI=1S/C18H16F3NO4/c1-26-15-9-5-2-6-11(15)10-14(17(24)25)22-16(23)12-7-3-4-8-13(12)18(19,20)21/h2-9,14H,10H2,1H3,(H,22,23)(H,24,25)/t14-/m0/s1. The number of halogens is 3. The fraction of sp³-hybridized carbons (Fsp3) is 0.222. The molecule has 5 nitrogen and oxygen atoms in total. The first kappa shape index (κ1) is 19.3. The van der Waals surface area contributed by atoms with Crippen LogP contribution in [-0.2, 0) is 17.4 Å². The van der Waals surface area contributed by atoms with Crippen LogP contribution in [0.2, 0.25) is 0 Å². The summed E-state index contributed by atoms with van der Waals surface area (Å²) in [5.74, 6) is -2.06. The third kappa shape index (κ3) is 4.53. The van der Waals surface area contributed by atoms with Crippen LogP contribution in [0.5, 0.6) is 5.75 Å². The second kappa shape index (κ2) is 7.90. The number of carboxylic acid groups (broad SMARTS) is 1. The molecule has 0 aromatic heterocycles. The van der Waals surface area contributed by atoms with Gasteiger partial charge in [-0.15, -0.1) is 0 Å². The first-order chi connectivity index (χ1) is 12.2. The number of methoxy groups -OCH3 is 1. The van der Waals surface area contributed by atoms with Crippen molar-refractivity contribution in [2.75, 3.05) is 7.11 Å². The molecule has 2 aromatic rings. The average Bonchev–Trinajstić information content (AvgIpc) is 2.60. The molecule has 2 aromatic carbocycles. The molecule has 0 aliphatic carbocycles. The summed E-state index contributed by atoms with van der Waals surface area (Å²) >= 11 is 0. The van der Waals surface area contributed by atoms with E-state index in [1.165, 1.54) is 13.2 Å². The lowest BCUT2D eigenvalue weighted by Crippen LogP contribution is -2.43. The Bertz CT molecular complexity index is 805. The zero-order valence-corrected chi connectivity index (χ0v) is 13.7. The minimum atomic E-state index is -4.73. The van der Waals surface area contributed by atoms with Crippen LogP contribution in [-0.4, -0.2) is 30.1 Å². The van der Waals surface area contributed by atoms with Crippen molar-refractivity contribution < 1.29 is 32.6 Å². The van der Waals surface area contributed by atoms with Crippen molar-refractivity contribution in [2.24, 2.45) is 0 Å². The minimum Gasteiger partial charge on any atom is -0.496 e. The molecular weight excluding hydrogens is 351 g/mol. The second-order valence-corrected chi connectivity index (χ2v) is 5.42. The Morgan fingerprint density at radius 2 is 1.73 bits per heavy atom. The van der Waals surface area contributed by atoms with Crippen molar-refractivity contribution in [1.29, 1.82) is 0 Å². The highest BCUT2D eigenvalue weighted by atomic mass is 19.4. The summed E-state index contributed by atoms with van der Waals surface area (Å²) in [7, 11) is 1.41. The van der Waals surface area contributed by atoms with E-state index in [0.717, 1.165) is 18.2 Å². The van der Waals surface area contributed by atoms with Crippen molar-refractivity contribution in [3.63, 3.8) is 0 Å². The third-order valence-electron chi connectivity index (χ3n) is 3.70. The van der Waals surface area contributed by atoms with Gasteiger partial charge in [-0.05, 0) is 23.8 Å².